The van der Waals surface area contributed by atoms with E-state index in [1.807, 2.05) is 4.72 Å². The summed E-state index contributed by atoms with van der Waals surface area (Å²) in [7, 11) is -8.93. The van der Waals surface area contributed by atoms with Gasteiger partial charge in [-0.05, 0) is 26.0 Å². The molecule has 0 amide bonds. The Kier molecular flexibility index (Phi) is 16.0. The van der Waals surface area contributed by atoms with Crippen molar-refractivity contribution in [3.63, 3.8) is 0 Å². The average molecular weight is 802 g/mol. The summed E-state index contributed by atoms with van der Waals surface area (Å²) in [5, 5.41) is 23.0. The molecule has 26 heteroatoms. The zero-order valence-electron chi connectivity index (χ0n) is 25.7. The number of aromatic nitrogens is 1. The van der Waals surface area contributed by atoms with Crippen LogP contribution in [0.1, 0.15) is 19.4 Å². The van der Waals surface area contributed by atoms with Crippen LogP contribution in [0.2, 0.25) is 0 Å². The fourth-order valence-corrected chi connectivity index (χ4v) is 6.54. The summed E-state index contributed by atoms with van der Waals surface area (Å²) in [6.45, 7) is 3.86. The highest BCUT2D eigenvalue weighted by atomic mass is 32.2. The second kappa shape index (κ2) is 18.3. The van der Waals surface area contributed by atoms with Crippen molar-refractivity contribution in [2.24, 2.45) is 11.5 Å². The number of thiazole rings is 1. The predicted octanol–water partition coefficient (Wildman–Crippen LogP) is 3.53. The number of alkyl halides is 6. The van der Waals surface area contributed by atoms with Crippen molar-refractivity contribution in [3.05, 3.63) is 41.7 Å². The van der Waals surface area contributed by atoms with Crippen LogP contribution in [0, 0.1) is 17.1 Å². The molecule has 0 aliphatic carbocycles. The normalized spacial score (nSPS) is 13.9. The Morgan fingerprint density at radius 3 is 1.88 bits per heavy atom. The number of nitrogens with zero attached hydrogens (tertiary/aromatic N) is 2. The molecule has 284 valence electrons. The minimum absolute atomic E-state index is 0.172. The van der Waals surface area contributed by atoms with Crippen LogP contribution < -0.4 is 30.2 Å². The number of carboxylic acid groups (broad SMARTS) is 2. The van der Waals surface area contributed by atoms with E-state index in [0.29, 0.717) is 16.2 Å². The quantitative estimate of drug-likeness (QED) is 0.113. The number of nitrogens with one attached hydrogen (secondary N) is 1. The van der Waals surface area contributed by atoms with Gasteiger partial charge in [-0.1, -0.05) is 0 Å². The number of hydrogen-bond donors (Lipinski definition) is 6. The molecule has 0 fully saturated rings. The van der Waals surface area contributed by atoms with Gasteiger partial charge in [-0.2, -0.15) is 36.3 Å². The number of ether oxygens (including phenoxy) is 2. The van der Waals surface area contributed by atoms with Gasteiger partial charge < -0.3 is 40.6 Å². The maximum absolute atomic E-state index is 13.7. The lowest BCUT2D eigenvalue weighted by Crippen LogP contribution is -2.25. The maximum Gasteiger partial charge on any atom is 0.490 e. The van der Waals surface area contributed by atoms with Crippen LogP contribution in [-0.4, -0.2) is 84.4 Å². The standard InChI is InChI=1S/C21H25FN5O7PS2.2C2HF3O2/c1-12(24)9-32-18-6-17-20(7-19(18)33-10-13(2)25)36-21(27-17)37(30,31)26-11-35(28,29)34-15-4-3-14(8-23)16(22)5-15;2*3-2(4,5)1(6)7/h3-7,12-13,26H,9-11,24-25H2,1-2H3,(H,28,29);2*(H,6,7). The fourth-order valence-electron chi connectivity index (χ4n) is 2.77. The Labute approximate surface area is 286 Å². The monoisotopic (exact) mass is 801 g/mol. The number of halogens is 7. The molecule has 3 rings (SSSR count). The summed E-state index contributed by atoms with van der Waals surface area (Å²) in [4.78, 5) is 32.0. The van der Waals surface area contributed by atoms with Gasteiger partial charge in [0.1, 0.15) is 37.1 Å². The van der Waals surface area contributed by atoms with E-state index in [9.17, 15) is 48.6 Å². The SMILES string of the molecule is CC(N)COc1cc2nc(S(=O)(=O)NCP(=O)(O)Oc3ccc(C#N)c(F)c3)sc2cc1OCC(C)N.O=C(O)C(F)(F)F.O=C(O)C(F)(F)F. The van der Waals surface area contributed by atoms with Gasteiger partial charge in [-0.3, -0.25) is 0 Å². The number of fused-ring (bicyclic) bond motifs is 1. The van der Waals surface area contributed by atoms with E-state index >= 15 is 0 Å². The number of carboxylic acids is 2. The number of sulfonamides is 1. The molecule has 2 aromatic carbocycles. The third-order valence-electron chi connectivity index (χ3n) is 4.92. The average Bonchev–Trinajstić information content (AvgIpc) is 3.41. The van der Waals surface area contributed by atoms with Crippen molar-refractivity contribution in [3.8, 4) is 23.3 Å². The van der Waals surface area contributed by atoms with Gasteiger partial charge in [0.05, 0.1) is 15.8 Å². The number of nitriles is 1. The molecule has 0 aliphatic rings. The number of carbonyl (C=O) groups is 2. The van der Waals surface area contributed by atoms with Gasteiger partial charge in [0.2, 0.25) is 4.34 Å². The van der Waals surface area contributed by atoms with E-state index in [1.165, 1.54) is 6.07 Å². The van der Waals surface area contributed by atoms with E-state index in [1.54, 1.807) is 26.0 Å². The number of hydrogen-bond acceptors (Lipinski definition) is 13. The lowest BCUT2D eigenvalue weighted by molar-refractivity contribution is -0.193. The van der Waals surface area contributed by atoms with Crippen molar-refractivity contribution < 1.29 is 82.4 Å². The van der Waals surface area contributed by atoms with Crippen molar-refractivity contribution in [2.75, 3.05) is 19.5 Å². The second-order valence-electron chi connectivity index (χ2n) is 9.72. The lowest BCUT2D eigenvalue weighted by atomic mass is 10.2. The van der Waals surface area contributed by atoms with Gasteiger partial charge in [0.15, 0.2) is 11.5 Å². The van der Waals surface area contributed by atoms with Crippen molar-refractivity contribution in [2.45, 2.75) is 42.6 Å². The highest BCUT2D eigenvalue weighted by molar-refractivity contribution is 7.91. The van der Waals surface area contributed by atoms with E-state index in [-0.39, 0.29) is 46.5 Å². The Morgan fingerprint density at radius 1 is 1.00 bits per heavy atom. The molecule has 0 bridgehead atoms. The van der Waals surface area contributed by atoms with Crippen LogP contribution >= 0.6 is 18.9 Å². The van der Waals surface area contributed by atoms with Gasteiger partial charge in [-0.15, -0.1) is 11.3 Å². The van der Waals surface area contributed by atoms with Crippen molar-refractivity contribution >= 4 is 51.1 Å². The Balaban J connectivity index is 0.000000780. The van der Waals surface area contributed by atoms with Gasteiger partial charge in [0.25, 0.3) is 10.0 Å². The Hall–Kier alpha value is -4.31. The molecule has 51 heavy (non-hydrogen) atoms. The molecule has 0 radical (unpaired) electrons. The molecule has 0 spiro atoms. The molecule has 0 saturated carbocycles. The van der Waals surface area contributed by atoms with Crippen molar-refractivity contribution in [1.82, 2.24) is 9.71 Å². The summed E-state index contributed by atoms with van der Waals surface area (Å²) in [6.07, 6.45) is -11.2. The molecule has 0 saturated heterocycles. The second-order valence-corrected chi connectivity index (χ2v) is 14.5. The van der Waals surface area contributed by atoms with Crippen molar-refractivity contribution in [1.29, 1.82) is 5.26 Å². The maximum atomic E-state index is 13.7. The summed E-state index contributed by atoms with van der Waals surface area (Å²) >= 11 is 0.801. The highest BCUT2D eigenvalue weighted by Gasteiger charge is 2.39. The summed E-state index contributed by atoms with van der Waals surface area (Å²) in [6, 6.07) is 7.05. The van der Waals surface area contributed by atoms with E-state index in [2.05, 4.69) is 4.98 Å². The third kappa shape index (κ3) is 15.6. The largest absolute Gasteiger partial charge is 0.490 e. The Morgan fingerprint density at radius 2 is 1.47 bits per heavy atom. The molecule has 3 aromatic rings. The van der Waals surface area contributed by atoms with Gasteiger partial charge >= 0.3 is 31.9 Å². The van der Waals surface area contributed by atoms with Crippen LogP contribution in [0.15, 0.2) is 34.7 Å². The molecular weight excluding hydrogens is 774 g/mol. The van der Waals surface area contributed by atoms with Crippen LogP contribution in [0.3, 0.4) is 0 Å². The number of rotatable bonds is 12. The smallest absolute Gasteiger partial charge is 0.488 e. The molecular formula is C25H27F7N5O11PS2. The van der Waals surface area contributed by atoms with Gasteiger partial charge in [0, 0.05) is 30.3 Å². The molecule has 1 heterocycles. The summed E-state index contributed by atoms with van der Waals surface area (Å²) in [5.41, 5.74) is 11.5. The first-order chi connectivity index (χ1) is 23.2. The molecule has 3 unspecified atom stereocenters. The third-order valence-corrected chi connectivity index (χ3v) is 8.98. The molecule has 8 N–H and O–H groups in total. The van der Waals surface area contributed by atoms with Crippen LogP contribution in [0.5, 0.6) is 17.2 Å². The van der Waals surface area contributed by atoms with E-state index in [0.717, 1.165) is 29.5 Å². The van der Waals surface area contributed by atoms with Gasteiger partial charge in [-0.25, -0.2) is 31.9 Å². The first-order valence-electron chi connectivity index (χ1n) is 13.2. The molecule has 1 aromatic heterocycles. The number of benzene rings is 2. The van der Waals surface area contributed by atoms with Crippen LogP contribution in [0.25, 0.3) is 10.2 Å². The van der Waals surface area contributed by atoms with Crippen LogP contribution in [-0.2, 0) is 24.2 Å². The number of nitrogens with two attached hydrogens (primary N) is 2. The first kappa shape index (κ1) is 44.7. The van der Waals surface area contributed by atoms with E-state index < -0.39 is 54.0 Å². The minimum atomic E-state index is -5.08. The topological polar surface area (TPSA) is 274 Å². The lowest BCUT2D eigenvalue weighted by Gasteiger charge is -2.15. The minimum Gasteiger partial charge on any atom is -0.488 e. The Bertz CT molecular complexity index is 1810. The first-order valence-corrected chi connectivity index (χ1v) is 17.3. The molecule has 3 atom stereocenters. The van der Waals surface area contributed by atoms with Crippen LogP contribution in [0.4, 0.5) is 30.7 Å². The molecule has 0 aliphatic heterocycles. The van der Waals surface area contributed by atoms with E-state index in [4.69, 9.17) is 50.5 Å². The summed E-state index contributed by atoms with van der Waals surface area (Å²) in [5.74, 6) is -6.19. The fraction of sp³-hybridized carbons (Fsp3) is 0.360. The molecule has 16 nitrogen and oxygen atoms in total. The predicted molar refractivity (Wildman–Crippen MR) is 162 cm³/mol. The highest BCUT2D eigenvalue weighted by Crippen LogP contribution is 2.42. The zero-order valence-corrected chi connectivity index (χ0v) is 28.3. The zero-order chi connectivity index (χ0) is 39.5. The summed E-state index contributed by atoms with van der Waals surface area (Å²) < 4.78 is 133. The number of aliphatic carboxylic acids is 2.